The highest BCUT2D eigenvalue weighted by molar-refractivity contribution is 9.11. The molecule has 3 rings (SSSR count). The Labute approximate surface area is 122 Å². The lowest BCUT2D eigenvalue weighted by atomic mass is 10.4. The van der Waals surface area contributed by atoms with Crippen LogP contribution < -0.4 is 0 Å². The van der Waals surface area contributed by atoms with Crippen molar-refractivity contribution < 1.29 is 0 Å². The molecule has 0 fully saturated rings. The smallest absolute Gasteiger partial charge is 0.125 e. The van der Waals surface area contributed by atoms with Crippen LogP contribution in [0.4, 0.5) is 0 Å². The summed E-state index contributed by atoms with van der Waals surface area (Å²) in [5.74, 6) is 1.28. The molecule has 3 aromatic heterocycles. The number of thiophene rings is 1. The number of pyridine rings is 1. The van der Waals surface area contributed by atoms with Crippen molar-refractivity contribution in [2.75, 3.05) is 0 Å². The number of aromatic nitrogens is 3. The number of rotatable bonds is 3. The second-order valence-electron chi connectivity index (χ2n) is 3.82. The van der Waals surface area contributed by atoms with Gasteiger partial charge in [0.1, 0.15) is 11.3 Å². The van der Waals surface area contributed by atoms with Crippen LogP contribution in [0, 0.1) is 0 Å². The number of alkyl halides is 1. The molecular formula is C12H9BrClN3S. The zero-order chi connectivity index (χ0) is 12.5. The van der Waals surface area contributed by atoms with Gasteiger partial charge in [-0.2, -0.15) is 0 Å². The lowest BCUT2D eigenvalue weighted by molar-refractivity contribution is 0.789. The first-order valence-electron chi connectivity index (χ1n) is 5.37. The fraction of sp³-hybridized carbons (Fsp3) is 0.167. The van der Waals surface area contributed by atoms with Gasteiger partial charge in [0, 0.05) is 11.1 Å². The molecule has 0 saturated heterocycles. The van der Waals surface area contributed by atoms with Gasteiger partial charge in [0.2, 0.25) is 0 Å². The van der Waals surface area contributed by atoms with Crippen LogP contribution in [0.5, 0.6) is 0 Å². The summed E-state index contributed by atoms with van der Waals surface area (Å²) in [6.45, 7) is 0.791. The predicted molar refractivity (Wildman–Crippen MR) is 78.2 cm³/mol. The van der Waals surface area contributed by atoms with Crippen LogP contribution >= 0.6 is 38.9 Å². The lowest BCUT2D eigenvalue weighted by Crippen LogP contribution is -2.02. The minimum absolute atomic E-state index is 0.404. The molecule has 0 radical (unpaired) electrons. The fourth-order valence-corrected chi connectivity index (χ4v) is 3.58. The molecule has 0 amide bonds. The van der Waals surface area contributed by atoms with E-state index in [0.29, 0.717) is 5.88 Å². The Bertz CT molecular complexity index is 692. The summed E-state index contributed by atoms with van der Waals surface area (Å²) in [5.41, 5.74) is 1.97. The molecule has 0 saturated carbocycles. The second-order valence-corrected chi connectivity index (χ2v) is 6.63. The molecule has 0 bridgehead atoms. The monoisotopic (exact) mass is 341 g/mol. The molecule has 92 valence electrons. The van der Waals surface area contributed by atoms with E-state index in [2.05, 4.69) is 42.6 Å². The third-order valence-electron chi connectivity index (χ3n) is 2.69. The summed E-state index contributed by atoms with van der Waals surface area (Å²) in [6.07, 6.45) is 3.55. The van der Waals surface area contributed by atoms with E-state index in [0.717, 1.165) is 27.2 Å². The van der Waals surface area contributed by atoms with Gasteiger partial charge in [-0.3, -0.25) is 4.98 Å². The van der Waals surface area contributed by atoms with Crippen LogP contribution in [0.15, 0.2) is 34.4 Å². The third kappa shape index (κ3) is 2.18. The van der Waals surface area contributed by atoms with Crippen molar-refractivity contribution in [2.24, 2.45) is 0 Å². The number of hydrogen-bond donors (Lipinski definition) is 0. The van der Waals surface area contributed by atoms with E-state index in [-0.39, 0.29) is 0 Å². The molecule has 0 unspecified atom stereocenters. The van der Waals surface area contributed by atoms with E-state index in [1.165, 1.54) is 4.88 Å². The summed E-state index contributed by atoms with van der Waals surface area (Å²) in [5, 5.41) is 0. The second kappa shape index (κ2) is 4.99. The van der Waals surface area contributed by atoms with E-state index in [1.807, 2.05) is 6.07 Å². The number of halogens is 2. The van der Waals surface area contributed by atoms with Gasteiger partial charge in [0.15, 0.2) is 0 Å². The average Bonchev–Trinajstić information content (AvgIpc) is 2.94. The highest BCUT2D eigenvalue weighted by Crippen LogP contribution is 2.25. The van der Waals surface area contributed by atoms with Crippen molar-refractivity contribution in [3.8, 4) is 0 Å². The topological polar surface area (TPSA) is 30.7 Å². The average molecular weight is 343 g/mol. The van der Waals surface area contributed by atoms with E-state index >= 15 is 0 Å². The van der Waals surface area contributed by atoms with Crippen LogP contribution in [0.3, 0.4) is 0 Å². The van der Waals surface area contributed by atoms with Crippen molar-refractivity contribution in [1.29, 1.82) is 0 Å². The maximum absolute atomic E-state index is 5.97. The van der Waals surface area contributed by atoms with Gasteiger partial charge in [-0.1, -0.05) is 0 Å². The molecule has 0 aliphatic heterocycles. The van der Waals surface area contributed by atoms with Crippen LogP contribution in [0.2, 0.25) is 0 Å². The zero-order valence-electron chi connectivity index (χ0n) is 9.31. The van der Waals surface area contributed by atoms with Crippen molar-refractivity contribution >= 4 is 49.9 Å². The fourth-order valence-electron chi connectivity index (χ4n) is 1.90. The largest absolute Gasteiger partial charge is 0.322 e. The predicted octanol–water partition coefficient (Wildman–Crippen LogP) is 4.04. The summed E-state index contributed by atoms with van der Waals surface area (Å²) in [7, 11) is 0. The van der Waals surface area contributed by atoms with Gasteiger partial charge in [-0.05, 0) is 34.1 Å². The van der Waals surface area contributed by atoms with Gasteiger partial charge >= 0.3 is 0 Å². The van der Waals surface area contributed by atoms with Gasteiger partial charge in [-0.15, -0.1) is 22.9 Å². The van der Waals surface area contributed by atoms with E-state index < -0.39 is 0 Å². The molecule has 6 heteroatoms. The normalized spacial score (nSPS) is 11.2. The molecule has 18 heavy (non-hydrogen) atoms. The van der Waals surface area contributed by atoms with Crippen LogP contribution in [-0.4, -0.2) is 14.5 Å². The van der Waals surface area contributed by atoms with Gasteiger partial charge in [0.05, 0.1) is 27.9 Å². The van der Waals surface area contributed by atoms with Crippen molar-refractivity contribution in [2.45, 2.75) is 12.4 Å². The Kier molecular flexibility index (Phi) is 3.37. The van der Waals surface area contributed by atoms with E-state index in [4.69, 9.17) is 11.6 Å². The summed E-state index contributed by atoms with van der Waals surface area (Å²) in [4.78, 5) is 9.85. The lowest BCUT2D eigenvalue weighted by Gasteiger charge is -2.05. The van der Waals surface area contributed by atoms with E-state index in [1.54, 1.807) is 23.7 Å². The molecule has 3 nitrogen and oxygen atoms in total. The molecular weight excluding hydrogens is 334 g/mol. The van der Waals surface area contributed by atoms with Crippen molar-refractivity contribution in [1.82, 2.24) is 14.5 Å². The summed E-state index contributed by atoms with van der Waals surface area (Å²) in [6, 6.07) is 6.14. The number of nitrogens with zero attached hydrogens (tertiary/aromatic N) is 3. The minimum atomic E-state index is 0.404. The van der Waals surface area contributed by atoms with Gasteiger partial charge in [0.25, 0.3) is 0 Å². The molecule has 0 aliphatic carbocycles. The zero-order valence-corrected chi connectivity index (χ0v) is 12.5. The molecule has 0 aromatic carbocycles. The SMILES string of the molecule is ClCc1nc2cnccc2n1Cc1ccc(Br)s1. The van der Waals surface area contributed by atoms with Crippen molar-refractivity contribution in [3.05, 3.63) is 45.1 Å². The summed E-state index contributed by atoms with van der Waals surface area (Å²) < 4.78 is 3.28. The standard InChI is InChI=1S/C12H9BrClN3S/c13-11-2-1-8(18-11)7-17-10-3-4-15-6-9(10)16-12(17)5-14/h1-4,6H,5,7H2. The first kappa shape index (κ1) is 12.1. The van der Waals surface area contributed by atoms with Crippen LogP contribution in [-0.2, 0) is 12.4 Å². The first-order valence-corrected chi connectivity index (χ1v) is 7.51. The molecule has 0 atom stereocenters. The summed E-state index contributed by atoms with van der Waals surface area (Å²) >= 11 is 11.2. The van der Waals surface area contributed by atoms with Gasteiger partial charge in [-0.25, -0.2) is 4.98 Å². The third-order valence-corrected chi connectivity index (χ3v) is 4.54. The van der Waals surface area contributed by atoms with Crippen LogP contribution in [0.1, 0.15) is 10.7 Å². The minimum Gasteiger partial charge on any atom is -0.322 e. The van der Waals surface area contributed by atoms with Gasteiger partial charge < -0.3 is 4.57 Å². The molecule has 3 aromatic rings. The maximum Gasteiger partial charge on any atom is 0.125 e. The highest BCUT2D eigenvalue weighted by atomic mass is 79.9. The number of hydrogen-bond acceptors (Lipinski definition) is 3. The number of imidazole rings is 1. The molecule has 3 heterocycles. The first-order chi connectivity index (χ1) is 8.78. The molecule has 0 spiro atoms. The Morgan fingerprint density at radius 1 is 1.33 bits per heavy atom. The Hall–Kier alpha value is -0.910. The van der Waals surface area contributed by atoms with Crippen LogP contribution in [0.25, 0.3) is 11.0 Å². The number of fused-ring (bicyclic) bond motifs is 1. The van der Waals surface area contributed by atoms with E-state index in [9.17, 15) is 0 Å². The Morgan fingerprint density at radius 2 is 2.22 bits per heavy atom. The Morgan fingerprint density at radius 3 is 2.94 bits per heavy atom. The van der Waals surface area contributed by atoms with Crippen molar-refractivity contribution in [3.63, 3.8) is 0 Å². The maximum atomic E-state index is 5.97. The quantitative estimate of drug-likeness (QED) is 0.673. The molecule has 0 aliphatic rings. The molecule has 0 N–H and O–H groups in total. The highest BCUT2D eigenvalue weighted by Gasteiger charge is 2.10. The Balaban J connectivity index is 2.09.